The lowest BCUT2D eigenvalue weighted by atomic mass is 10.0. The molecule has 0 amide bonds. The van der Waals surface area contributed by atoms with Crippen LogP contribution in [0.25, 0.3) is 10.8 Å². The predicted molar refractivity (Wildman–Crippen MR) is 66.2 cm³/mol. The Morgan fingerprint density at radius 1 is 1.00 bits per heavy atom. The Bertz CT molecular complexity index is 513. The highest BCUT2D eigenvalue weighted by Crippen LogP contribution is 2.35. The molecule has 4 heteroatoms. The molecule has 0 aliphatic carbocycles. The van der Waals surface area contributed by atoms with Crippen molar-refractivity contribution in [1.82, 2.24) is 0 Å². The van der Waals surface area contributed by atoms with Crippen LogP contribution in [0.4, 0.5) is 8.78 Å². The second-order valence-electron chi connectivity index (χ2n) is 3.42. The van der Waals surface area contributed by atoms with Crippen LogP contribution in [0.3, 0.4) is 0 Å². The van der Waals surface area contributed by atoms with Crippen molar-refractivity contribution in [2.24, 2.45) is 0 Å². The molecule has 0 saturated heterocycles. The molecule has 0 bridgehead atoms. The molecule has 2 rings (SSSR count). The number of rotatable bonds is 2. The fourth-order valence-electron chi connectivity index (χ4n) is 1.66. The van der Waals surface area contributed by atoms with Gasteiger partial charge in [0.1, 0.15) is 5.38 Å². The van der Waals surface area contributed by atoms with Gasteiger partial charge >= 0.3 is 0 Å². The van der Waals surface area contributed by atoms with Gasteiger partial charge in [0.25, 0.3) is 6.43 Å². The van der Waals surface area contributed by atoms with Gasteiger partial charge in [-0.05, 0) is 22.4 Å². The maximum atomic E-state index is 12.6. The van der Waals surface area contributed by atoms with E-state index in [1.165, 1.54) is 0 Å². The van der Waals surface area contributed by atoms with Crippen molar-refractivity contribution >= 4 is 38.3 Å². The summed E-state index contributed by atoms with van der Waals surface area (Å²) in [6.45, 7) is 0. The Kier molecular flexibility index (Phi) is 3.45. The molecule has 0 radical (unpaired) electrons. The van der Waals surface area contributed by atoms with Crippen LogP contribution < -0.4 is 0 Å². The fourth-order valence-corrected chi connectivity index (χ4v) is 2.33. The monoisotopic (exact) mass is 304 g/mol. The third-order valence-electron chi connectivity index (χ3n) is 2.42. The summed E-state index contributed by atoms with van der Waals surface area (Å²) in [5.74, 6) is 0. The number of hydrogen-bond donors (Lipinski definition) is 0. The van der Waals surface area contributed by atoms with Crippen molar-refractivity contribution in [2.45, 2.75) is 11.8 Å². The molecule has 0 aromatic heterocycles. The van der Waals surface area contributed by atoms with Crippen LogP contribution in [-0.2, 0) is 0 Å². The zero-order chi connectivity index (χ0) is 11.7. The summed E-state index contributed by atoms with van der Waals surface area (Å²) in [5.41, 5.74) is 0.468. The lowest BCUT2D eigenvalue weighted by molar-refractivity contribution is 0.143. The van der Waals surface area contributed by atoms with E-state index in [1.807, 2.05) is 18.2 Å². The van der Waals surface area contributed by atoms with Crippen molar-refractivity contribution in [3.63, 3.8) is 0 Å². The summed E-state index contributed by atoms with van der Waals surface area (Å²) in [5, 5.41) is 0.390. The normalized spacial score (nSPS) is 13.3. The largest absolute Gasteiger partial charge is 0.258 e. The average molecular weight is 306 g/mol. The molecule has 0 nitrogen and oxygen atoms in total. The third kappa shape index (κ3) is 2.06. The number of halogens is 4. The Morgan fingerprint density at radius 2 is 1.62 bits per heavy atom. The van der Waals surface area contributed by atoms with Gasteiger partial charge in [-0.25, -0.2) is 8.78 Å². The van der Waals surface area contributed by atoms with Crippen molar-refractivity contribution in [1.29, 1.82) is 0 Å². The van der Waals surface area contributed by atoms with Crippen LogP contribution in [0.2, 0.25) is 0 Å². The molecule has 2 aromatic rings. The summed E-state index contributed by atoms with van der Waals surface area (Å²) in [4.78, 5) is 0. The molecule has 84 valence electrons. The molecular formula is C12H8BrClF2. The van der Waals surface area contributed by atoms with E-state index >= 15 is 0 Å². The van der Waals surface area contributed by atoms with Gasteiger partial charge in [0, 0.05) is 4.47 Å². The zero-order valence-electron chi connectivity index (χ0n) is 8.13. The molecule has 0 saturated carbocycles. The molecule has 1 unspecified atom stereocenters. The first-order valence-corrected chi connectivity index (χ1v) is 5.93. The van der Waals surface area contributed by atoms with Crippen molar-refractivity contribution in [2.75, 3.05) is 0 Å². The second kappa shape index (κ2) is 4.68. The van der Waals surface area contributed by atoms with Crippen LogP contribution >= 0.6 is 27.5 Å². The quantitative estimate of drug-likeness (QED) is 0.673. The van der Waals surface area contributed by atoms with Gasteiger partial charge < -0.3 is 0 Å². The van der Waals surface area contributed by atoms with Gasteiger partial charge in [-0.1, -0.05) is 46.3 Å². The van der Waals surface area contributed by atoms with Gasteiger partial charge in [0.15, 0.2) is 0 Å². The van der Waals surface area contributed by atoms with Crippen LogP contribution in [-0.4, -0.2) is 6.43 Å². The van der Waals surface area contributed by atoms with Crippen LogP contribution in [0.15, 0.2) is 40.9 Å². The maximum absolute atomic E-state index is 12.6. The van der Waals surface area contributed by atoms with E-state index in [4.69, 9.17) is 11.6 Å². The van der Waals surface area contributed by atoms with E-state index in [0.717, 1.165) is 15.2 Å². The SMILES string of the molecule is FC(F)C(Cl)c1ccc(Br)c2ccccc12. The first-order chi connectivity index (χ1) is 7.61. The van der Waals surface area contributed by atoms with Gasteiger partial charge in [0.05, 0.1) is 0 Å². The Labute approximate surface area is 105 Å². The van der Waals surface area contributed by atoms with Crippen LogP contribution in [0.5, 0.6) is 0 Å². The van der Waals surface area contributed by atoms with Crippen molar-refractivity contribution < 1.29 is 8.78 Å². The van der Waals surface area contributed by atoms with E-state index in [9.17, 15) is 8.78 Å². The standard InChI is InChI=1S/C12H8BrClF2/c13-10-6-5-9(11(14)12(15)16)7-3-1-2-4-8(7)10/h1-6,11-12H. The molecular weight excluding hydrogens is 297 g/mol. The first-order valence-electron chi connectivity index (χ1n) is 4.70. The number of hydrogen-bond acceptors (Lipinski definition) is 0. The summed E-state index contributed by atoms with van der Waals surface area (Å²) >= 11 is 9.09. The van der Waals surface area contributed by atoms with E-state index in [0.29, 0.717) is 5.56 Å². The topological polar surface area (TPSA) is 0 Å². The fraction of sp³-hybridized carbons (Fsp3) is 0.167. The number of benzene rings is 2. The van der Waals surface area contributed by atoms with Crippen molar-refractivity contribution in [3.8, 4) is 0 Å². The summed E-state index contributed by atoms with van der Waals surface area (Å²) in [7, 11) is 0. The Hall–Kier alpha value is -0.670. The molecule has 16 heavy (non-hydrogen) atoms. The van der Waals surface area contributed by atoms with Gasteiger partial charge in [0.2, 0.25) is 0 Å². The highest BCUT2D eigenvalue weighted by molar-refractivity contribution is 9.10. The second-order valence-corrected chi connectivity index (χ2v) is 4.74. The van der Waals surface area contributed by atoms with Gasteiger partial charge in [-0.3, -0.25) is 0 Å². The zero-order valence-corrected chi connectivity index (χ0v) is 10.5. The molecule has 1 atom stereocenters. The molecule has 0 aliphatic rings. The summed E-state index contributed by atoms with van der Waals surface area (Å²) in [6, 6.07) is 10.7. The molecule has 0 N–H and O–H groups in total. The van der Waals surface area contributed by atoms with Crippen LogP contribution in [0, 0.1) is 0 Å². The van der Waals surface area contributed by atoms with E-state index in [-0.39, 0.29) is 0 Å². The summed E-state index contributed by atoms with van der Waals surface area (Å²) < 4.78 is 26.1. The average Bonchev–Trinajstić information content (AvgIpc) is 2.29. The Balaban J connectivity index is 2.67. The molecule has 0 heterocycles. The lowest BCUT2D eigenvalue weighted by Gasteiger charge is -2.12. The molecule has 2 aromatic carbocycles. The number of alkyl halides is 3. The van der Waals surface area contributed by atoms with Crippen molar-refractivity contribution in [3.05, 3.63) is 46.4 Å². The minimum atomic E-state index is -2.56. The van der Waals surface area contributed by atoms with Gasteiger partial charge in [-0.15, -0.1) is 11.6 Å². The maximum Gasteiger partial charge on any atom is 0.258 e. The first kappa shape index (κ1) is 11.8. The Morgan fingerprint density at radius 3 is 2.25 bits per heavy atom. The summed E-state index contributed by atoms with van der Waals surface area (Å²) in [6.07, 6.45) is -2.56. The van der Waals surface area contributed by atoms with Gasteiger partial charge in [-0.2, -0.15) is 0 Å². The molecule has 0 fully saturated rings. The van der Waals surface area contributed by atoms with E-state index in [2.05, 4.69) is 15.9 Å². The highest BCUT2D eigenvalue weighted by atomic mass is 79.9. The molecule has 0 aliphatic heterocycles. The third-order valence-corrected chi connectivity index (χ3v) is 3.54. The highest BCUT2D eigenvalue weighted by Gasteiger charge is 2.21. The minimum Gasteiger partial charge on any atom is -0.208 e. The van der Waals surface area contributed by atoms with Crippen LogP contribution in [0.1, 0.15) is 10.9 Å². The lowest BCUT2D eigenvalue weighted by Crippen LogP contribution is -2.02. The van der Waals surface area contributed by atoms with E-state index < -0.39 is 11.8 Å². The number of fused-ring (bicyclic) bond motifs is 1. The minimum absolute atomic E-state index is 0.468. The van der Waals surface area contributed by atoms with E-state index in [1.54, 1.807) is 18.2 Å². The molecule has 0 spiro atoms. The smallest absolute Gasteiger partial charge is 0.208 e. The predicted octanol–water partition coefficient (Wildman–Crippen LogP) is 5.15.